The predicted molar refractivity (Wildman–Crippen MR) is 205 cm³/mol. The smallest absolute Gasteiger partial charge is 0.460 e. The van der Waals surface area contributed by atoms with Crippen LogP contribution in [0.4, 0.5) is 93.9 Å². The van der Waals surface area contributed by atoms with E-state index >= 15 is 8.78 Å². The van der Waals surface area contributed by atoms with Crippen LogP contribution in [0.1, 0.15) is 59.6 Å². The van der Waals surface area contributed by atoms with Crippen LogP contribution < -0.4 is 15.5 Å². The minimum atomic E-state index is -8.73. The van der Waals surface area contributed by atoms with Gasteiger partial charge in [0.15, 0.2) is 8.32 Å². The topological polar surface area (TPSA) is 106 Å². The monoisotopic (exact) mass is 1040 g/mol. The maximum Gasteiger partial charge on any atom is 0.460 e. The highest BCUT2D eigenvalue weighted by atomic mass is 28.4. The minimum Gasteiger partial charge on any atom is -0.491 e. The van der Waals surface area contributed by atoms with E-state index < -0.39 is 134 Å². The maximum absolute atomic E-state index is 15.0. The molecule has 28 heteroatoms. The van der Waals surface area contributed by atoms with Gasteiger partial charge in [-0.05, 0) is 53.9 Å². The van der Waals surface area contributed by atoms with E-state index in [0.717, 1.165) is 18.2 Å². The second-order valence-corrected chi connectivity index (χ2v) is 20.8. The zero-order valence-corrected chi connectivity index (χ0v) is 37.1. The van der Waals surface area contributed by atoms with E-state index in [1.165, 1.54) is 69.6 Å². The number of amides is 2. The van der Waals surface area contributed by atoms with Crippen LogP contribution in [-0.4, -0.2) is 86.4 Å². The van der Waals surface area contributed by atoms with E-state index in [1.807, 2.05) is 0 Å². The number of benzene rings is 2. The summed E-state index contributed by atoms with van der Waals surface area (Å²) in [5.41, 5.74) is -0.212. The Bertz CT molecular complexity index is 2090. The highest BCUT2D eigenvalue weighted by Gasteiger charge is 2.95. The third-order valence-electron chi connectivity index (χ3n) is 10.8. The molecule has 0 heterocycles. The summed E-state index contributed by atoms with van der Waals surface area (Å²) >= 11 is 0. The molecule has 386 valence electrons. The van der Waals surface area contributed by atoms with Crippen LogP contribution in [0.5, 0.6) is 5.75 Å². The van der Waals surface area contributed by atoms with Crippen molar-refractivity contribution in [1.82, 2.24) is 5.48 Å². The van der Waals surface area contributed by atoms with Crippen molar-refractivity contribution in [3.05, 3.63) is 83.5 Å². The quantitative estimate of drug-likeness (QED) is 0.0195. The van der Waals surface area contributed by atoms with Crippen molar-refractivity contribution in [2.24, 2.45) is 5.92 Å². The lowest BCUT2D eigenvalue weighted by atomic mass is 9.88. The molecule has 0 unspecified atom stereocenters. The van der Waals surface area contributed by atoms with E-state index in [-0.39, 0.29) is 11.3 Å². The van der Waals surface area contributed by atoms with Crippen molar-refractivity contribution in [2.75, 3.05) is 18.5 Å². The molecule has 0 bridgehead atoms. The van der Waals surface area contributed by atoms with Crippen LogP contribution in [0.3, 0.4) is 0 Å². The number of alkyl halides is 17. The fourth-order valence-electron chi connectivity index (χ4n) is 6.52. The van der Waals surface area contributed by atoms with Crippen LogP contribution in [-0.2, 0) is 14.0 Å². The number of rotatable bonds is 23. The molecule has 2 amide bonds. The summed E-state index contributed by atoms with van der Waals surface area (Å²) in [6.45, 7) is 7.18. The van der Waals surface area contributed by atoms with Crippen LogP contribution in [0, 0.1) is 17.6 Å². The number of carbonyl (C=O) groups is 2. The van der Waals surface area contributed by atoms with Crippen LogP contribution in [0.25, 0.3) is 0 Å². The summed E-state index contributed by atoms with van der Waals surface area (Å²) in [6, 6.07) is 6.23. The van der Waals surface area contributed by atoms with Gasteiger partial charge >= 0.3 is 53.7 Å². The SMILES string of the molecule is C/C(=C\C=C\C(=O)NO)[C@@H](C)[C@@H](OC(=O)Nc1ccc(F)cc1F)c1ccc(OCCO[Si](CCC(F)(F)C(F)(F)C(F)(F)C(F)(F)C(F)(F)C(F)(F)C(F)(F)C(F)(F)F)(C(C)C)C(C)C)cc1. The predicted octanol–water partition coefficient (Wildman–Crippen LogP) is 13.5. The molecule has 8 nitrogen and oxygen atoms in total. The van der Waals surface area contributed by atoms with Crippen molar-refractivity contribution < 1.29 is 112 Å². The molecule has 0 aliphatic carbocycles. The Kier molecular flexibility index (Phi) is 18.8. The van der Waals surface area contributed by atoms with Gasteiger partial charge in [0.1, 0.15) is 30.1 Å². The number of allylic oxidation sites excluding steroid dienone is 2. The van der Waals surface area contributed by atoms with E-state index in [9.17, 15) is 84.2 Å². The minimum absolute atomic E-state index is 0.0258. The lowest BCUT2D eigenvalue weighted by molar-refractivity contribution is -0.461. The van der Waals surface area contributed by atoms with Gasteiger partial charge in [0, 0.05) is 24.5 Å². The third-order valence-corrected chi connectivity index (χ3v) is 16.5. The Labute approximate surface area is 375 Å². The molecule has 2 rings (SSSR count). The fraction of sp³-hybridized carbons (Fsp3) is 0.550. The number of carbonyl (C=O) groups excluding carboxylic acids is 2. The first-order valence-electron chi connectivity index (χ1n) is 19.5. The van der Waals surface area contributed by atoms with Crippen molar-refractivity contribution >= 4 is 26.0 Å². The Balaban J connectivity index is 2.34. The number of hydroxylamine groups is 1. The Morgan fingerprint density at radius 1 is 0.706 bits per heavy atom. The third kappa shape index (κ3) is 12.0. The summed E-state index contributed by atoms with van der Waals surface area (Å²) < 4.78 is 281. The Hall–Kier alpha value is -4.73. The van der Waals surface area contributed by atoms with Crippen molar-refractivity contribution in [1.29, 1.82) is 0 Å². The molecule has 68 heavy (non-hydrogen) atoms. The number of nitrogens with one attached hydrogen (secondary N) is 2. The highest BCUT2D eigenvalue weighted by molar-refractivity contribution is 6.76. The van der Waals surface area contributed by atoms with Crippen LogP contribution >= 0.6 is 0 Å². The maximum atomic E-state index is 15.0. The Morgan fingerprint density at radius 2 is 1.21 bits per heavy atom. The van der Waals surface area contributed by atoms with E-state index in [4.69, 9.17) is 19.1 Å². The fourth-order valence-corrected chi connectivity index (χ4v) is 11.0. The van der Waals surface area contributed by atoms with E-state index in [2.05, 4.69) is 5.32 Å². The molecule has 0 radical (unpaired) electrons. The van der Waals surface area contributed by atoms with Gasteiger partial charge in [0.05, 0.1) is 12.3 Å². The molecule has 0 saturated carbocycles. The number of ether oxygens (including phenoxy) is 2. The summed E-state index contributed by atoms with van der Waals surface area (Å²) in [7, 11) is -4.07. The molecule has 3 N–H and O–H groups in total. The molecule has 0 aliphatic rings. The van der Waals surface area contributed by atoms with Crippen molar-refractivity contribution in [2.45, 2.75) is 119 Å². The molecular formula is C40H43F19N2O6Si. The largest absolute Gasteiger partial charge is 0.491 e. The van der Waals surface area contributed by atoms with Gasteiger partial charge in [-0.1, -0.05) is 64.5 Å². The molecular weight excluding hydrogens is 993 g/mol. The summed E-state index contributed by atoms with van der Waals surface area (Å²) in [4.78, 5) is 24.3. The first kappa shape index (κ1) is 59.4. The average Bonchev–Trinajstić information content (AvgIpc) is 3.22. The van der Waals surface area contributed by atoms with Gasteiger partial charge in [-0.15, -0.1) is 0 Å². The van der Waals surface area contributed by atoms with Crippen molar-refractivity contribution in [3.63, 3.8) is 0 Å². The van der Waals surface area contributed by atoms with Gasteiger partial charge in [-0.2, -0.15) is 74.6 Å². The lowest BCUT2D eigenvalue weighted by Gasteiger charge is -2.44. The van der Waals surface area contributed by atoms with Gasteiger partial charge < -0.3 is 13.9 Å². The zero-order chi connectivity index (χ0) is 52.9. The van der Waals surface area contributed by atoms with Gasteiger partial charge in [0.2, 0.25) is 0 Å². The summed E-state index contributed by atoms with van der Waals surface area (Å²) in [5, 5.41) is 10.8. The molecule has 0 aliphatic heterocycles. The standard InChI is InChI=1S/C40H43F19N2O6Si/c1-21(2)68(22(3)4,19-16-33(43,44)34(45,46)35(47,48)36(49,50)37(51,52)38(53,54)39(55,56)40(57,58)59)66-18-17-65-27-13-10-25(11-14-27)31(24(6)23(5)8-7-9-30(62)61-64)67-32(63)60-29-15-12-26(41)20-28(29)42/h7-15,20-22,24,31,64H,16-19H2,1-6H3,(H,60,63)(H,61,62)/b9-7+,23-8+/t24-,31-/m1/s1. The van der Waals surface area contributed by atoms with Gasteiger partial charge in [-0.25, -0.2) is 19.1 Å². The van der Waals surface area contributed by atoms with E-state index in [1.54, 1.807) is 13.8 Å². The number of hydrogen-bond donors (Lipinski definition) is 3. The lowest BCUT2D eigenvalue weighted by Crippen LogP contribution is -2.74. The molecule has 0 fully saturated rings. The first-order chi connectivity index (χ1) is 30.7. The van der Waals surface area contributed by atoms with E-state index in [0.29, 0.717) is 11.6 Å². The number of halogens is 19. The van der Waals surface area contributed by atoms with Crippen LogP contribution in [0.15, 0.2) is 66.3 Å². The van der Waals surface area contributed by atoms with Crippen molar-refractivity contribution in [3.8, 4) is 5.75 Å². The molecule has 2 aromatic rings. The van der Waals surface area contributed by atoms with Crippen LogP contribution in [0.2, 0.25) is 17.1 Å². The number of anilines is 1. The normalized spacial score (nSPS) is 15.2. The Morgan fingerprint density at radius 3 is 1.68 bits per heavy atom. The molecule has 2 aromatic carbocycles. The summed E-state index contributed by atoms with van der Waals surface area (Å²) in [5.74, 6) is -60.7. The second-order valence-electron chi connectivity index (χ2n) is 15.8. The summed E-state index contributed by atoms with van der Waals surface area (Å²) in [6.07, 6.45) is -9.24. The molecule has 0 aromatic heterocycles. The zero-order valence-electron chi connectivity index (χ0n) is 36.1. The molecule has 2 atom stereocenters. The molecule has 0 saturated heterocycles. The first-order valence-corrected chi connectivity index (χ1v) is 21.8. The number of hydrogen-bond acceptors (Lipinski definition) is 6. The highest BCUT2D eigenvalue weighted by Crippen LogP contribution is 2.64. The second kappa shape index (κ2) is 21.5. The van der Waals surface area contributed by atoms with Gasteiger partial charge in [0.25, 0.3) is 5.91 Å². The average molecular weight is 1040 g/mol. The molecule has 0 spiro atoms. The van der Waals surface area contributed by atoms with Gasteiger partial charge in [-0.3, -0.25) is 15.3 Å².